The van der Waals surface area contributed by atoms with E-state index < -0.39 is 0 Å². The second-order valence-electron chi connectivity index (χ2n) is 8.61. The number of amides is 3. The van der Waals surface area contributed by atoms with Crippen LogP contribution in [-0.4, -0.2) is 60.6 Å². The Balaban J connectivity index is 1.49. The Morgan fingerprint density at radius 1 is 1.25 bits per heavy atom. The summed E-state index contributed by atoms with van der Waals surface area (Å²) in [7, 11) is 1.62. The van der Waals surface area contributed by atoms with E-state index in [-0.39, 0.29) is 36.6 Å². The van der Waals surface area contributed by atoms with Gasteiger partial charge in [0.2, 0.25) is 5.91 Å². The van der Waals surface area contributed by atoms with E-state index in [4.69, 9.17) is 9.47 Å². The van der Waals surface area contributed by atoms with Gasteiger partial charge in [0, 0.05) is 29.6 Å². The molecule has 1 fully saturated rings. The second-order valence-corrected chi connectivity index (χ2v) is 9.61. The van der Waals surface area contributed by atoms with E-state index >= 15 is 0 Å². The van der Waals surface area contributed by atoms with Gasteiger partial charge in [-0.25, -0.2) is 4.79 Å². The van der Waals surface area contributed by atoms with Crippen molar-refractivity contribution in [3.63, 3.8) is 0 Å². The van der Waals surface area contributed by atoms with Gasteiger partial charge in [0.1, 0.15) is 24.7 Å². The lowest BCUT2D eigenvalue weighted by atomic mass is 10.0. The minimum absolute atomic E-state index is 0.0335. The summed E-state index contributed by atoms with van der Waals surface area (Å²) in [6.07, 6.45) is 2.74. The first-order valence-corrected chi connectivity index (χ1v) is 12.0. The van der Waals surface area contributed by atoms with Gasteiger partial charge in [-0.15, -0.1) is 11.3 Å². The lowest BCUT2D eigenvalue weighted by Crippen LogP contribution is -2.51. The molecule has 1 saturated carbocycles. The van der Waals surface area contributed by atoms with Gasteiger partial charge >= 0.3 is 6.03 Å². The van der Waals surface area contributed by atoms with Crippen molar-refractivity contribution in [1.29, 1.82) is 0 Å². The third kappa shape index (κ3) is 5.18. The normalized spacial score (nSPS) is 17.6. The molecule has 1 aromatic heterocycles. The Morgan fingerprint density at radius 2 is 2.03 bits per heavy atom. The fourth-order valence-electron chi connectivity index (χ4n) is 4.06. The van der Waals surface area contributed by atoms with Gasteiger partial charge in [-0.3, -0.25) is 4.79 Å². The summed E-state index contributed by atoms with van der Waals surface area (Å²) in [5, 5.41) is 5.01. The summed E-state index contributed by atoms with van der Waals surface area (Å²) in [6, 6.07) is 9.42. The fraction of sp³-hybridized carbons (Fsp3) is 0.500. The molecule has 1 atom stereocenters. The third-order valence-electron chi connectivity index (χ3n) is 5.83. The van der Waals surface area contributed by atoms with E-state index in [1.54, 1.807) is 23.3 Å². The first-order valence-electron chi connectivity index (χ1n) is 11.2. The van der Waals surface area contributed by atoms with Crippen molar-refractivity contribution in [3.05, 3.63) is 46.2 Å². The van der Waals surface area contributed by atoms with Crippen LogP contribution in [0.5, 0.6) is 11.5 Å². The van der Waals surface area contributed by atoms with Crippen molar-refractivity contribution >= 4 is 23.3 Å². The number of thiophene rings is 1. The number of ether oxygens (including phenoxy) is 2. The van der Waals surface area contributed by atoms with Crippen LogP contribution in [-0.2, 0) is 11.2 Å². The molecule has 7 nitrogen and oxygen atoms in total. The molecule has 2 aliphatic rings. The number of nitrogens with zero attached hydrogens (tertiary/aromatic N) is 2. The molecule has 3 amide bonds. The van der Waals surface area contributed by atoms with Gasteiger partial charge in [0.25, 0.3) is 0 Å². The fourth-order valence-corrected chi connectivity index (χ4v) is 4.99. The molecule has 0 saturated heterocycles. The summed E-state index contributed by atoms with van der Waals surface area (Å²) in [4.78, 5) is 31.0. The van der Waals surface area contributed by atoms with Crippen molar-refractivity contribution in [2.75, 3.05) is 26.8 Å². The van der Waals surface area contributed by atoms with Gasteiger partial charge in [-0.1, -0.05) is 6.07 Å². The Labute approximate surface area is 193 Å². The largest absolute Gasteiger partial charge is 0.497 e. The number of benzene rings is 1. The number of fused-ring (bicyclic) bond motifs is 1. The van der Waals surface area contributed by atoms with E-state index in [0.29, 0.717) is 18.9 Å². The summed E-state index contributed by atoms with van der Waals surface area (Å²) < 4.78 is 11.4. The number of rotatable bonds is 8. The molecule has 1 aliphatic heterocycles. The van der Waals surface area contributed by atoms with Crippen molar-refractivity contribution in [1.82, 2.24) is 15.1 Å². The van der Waals surface area contributed by atoms with Crippen molar-refractivity contribution in [2.24, 2.45) is 0 Å². The summed E-state index contributed by atoms with van der Waals surface area (Å²) >= 11 is 1.72. The Bertz CT molecular complexity index is 956. The highest BCUT2D eigenvalue weighted by Gasteiger charge is 2.38. The summed E-state index contributed by atoms with van der Waals surface area (Å²) in [6.45, 7) is 4.93. The van der Waals surface area contributed by atoms with Crippen LogP contribution in [0.4, 0.5) is 4.79 Å². The minimum atomic E-state index is -0.182. The highest BCUT2D eigenvalue weighted by Crippen LogP contribution is 2.35. The number of carbonyl (C=O) groups is 2. The molecular formula is C24H31N3O4S. The molecule has 172 valence electrons. The van der Waals surface area contributed by atoms with Crippen LogP contribution in [0.3, 0.4) is 0 Å². The monoisotopic (exact) mass is 457 g/mol. The SMILES string of the molecule is COc1cccc(OC[C@H]2c3ccsc3CCN2C(=O)CN(C(=O)NC(C)C)C2CC2)c1. The van der Waals surface area contributed by atoms with E-state index in [9.17, 15) is 9.59 Å². The van der Waals surface area contributed by atoms with Crippen LogP contribution in [0.1, 0.15) is 43.2 Å². The lowest BCUT2D eigenvalue weighted by molar-refractivity contribution is -0.135. The van der Waals surface area contributed by atoms with E-state index in [1.165, 1.54) is 4.88 Å². The lowest BCUT2D eigenvalue weighted by Gasteiger charge is -2.37. The van der Waals surface area contributed by atoms with Crippen LogP contribution in [0.2, 0.25) is 0 Å². The topological polar surface area (TPSA) is 71.1 Å². The van der Waals surface area contributed by atoms with E-state index in [0.717, 1.165) is 30.6 Å². The summed E-state index contributed by atoms with van der Waals surface area (Å²) in [5.74, 6) is 1.40. The second kappa shape index (κ2) is 9.81. The Hall–Kier alpha value is -2.74. The van der Waals surface area contributed by atoms with E-state index in [2.05, 4.69) is 16.8 Å². The maximum atomic E-state index is 13.4. The van der Waals surface area contributed by atoms with Crippen LogP contribution in [0, 0.1) is 0 Å². The molecule has 2 heterocycles. The molecule has 0 bridgehead atoms. The zero-order valence-corrected chi connectivity index (χ0v) is 19.7. The average Bonchev–Trinajstić information content (AvgIpc) is 3.50. The predicted molar refractivity (Wildman–Crippen MR) is 124 cm³/mol. The summed E-state index contributed by atoms with van der Waals surface area (Å²) in [5.41, 5.74) is 1.14. The van der Waals surface area contributed by atoms with Crippen molar-refractivity contribution in [2.45, 2.75) is 51.2 Å². The van der Waals surface area contributed by atoms with Crippen LogP contribution in [0.25, 0.3) is 0 Å². The zero-order valence-electron chi connectivity index (χ0n) is 18.9. The molecule has 8 heteroatoms. The number of hydrogen-bond acceptors (Lipinski definition) is 5. The van der Waals surface area contributed by atoms with Gasteiger partial charge in [-0.2, -0.15) is 0 Å². The first-order chi connectivity index (χ1) is 15.5. The van der Waals surface area contributed by atoms with E-state index in [1.807, 2.05) is 43.0 Å². The number of methoxy groups -OCH3 is 1. The maximum Gasteiger partial charge on any atom is 0.318 e. The van der Waals surface area contributed by atoms with Gasteiger partial charge < -0.3 is 24.6 Å². The molecule has 1 N–H and O–H groups in total. The van der Waals surface area contributed by atoms with Crippen LogP contribution < -0.4 is 14.8 Å². The first kappa shape index (κ1) is 22.5. The van der Waals surface area contributed by atoms with Crippen molar-refractivity contribution < 1.29 is 19.1 Å². The molecule has 32 heavy (non-hydrogen) atoms. The predicted octanol–water partition coefficient (Wildman–Crippen LogP) is 3.84. The van der Waals surface area contributed by atoms with Gasteiger partial charge in [0.05, 0.1) is 13.2 Å². The molecule has 1 aromatic carbocycles. The molecule has 4 rings (SSSR count). The maximum absolute atomic E-state index is 13.4. The molecule has 0 unspecified atom stereocenters. The molecule has 0 spiro atoms. The molecular weight excluding hydrogens is 426 g/mol. The number of urea groups is 1. The standard InChI is InChI=1S/C24H31N3O4S/c1-16(2)25-24(29)27(17-7-8-17)14-23(28)26-11-9-22-20(10-12-32-22)21(26)15-31-19-6-4-5-18(13-19)30-3/h4-6,10,12-13,16-17,21H,7-9,11,14-15H2,1-3H3,(H,25,29)/t21-/m0/s1. The molecule has 2 aromatic rings. The minimum Gasteiger partial charge on any atom is -0.497 e. The highest BCUT2D eigenvalue weighted by molar-refractivity contribution is 7.10. The number of nitrogens with one attached hydrogen (secondary N) is 1. The molecule has 1 aliphatic carbocycles. The highest BCUT2D eigenvalue weighted by atomic mass is 32.1. The number of hydrogen-bond donors (Lipinski definition) is 1. The van der Waals surface area contributed by atoms with Crippen LogP contribution >= 0.6 is 11.3 Å². The molecule has 0 radical (unpaired) electrons. The van der Waals surface area contributed by atoms with Gasteiger partial charge in [-0.05, 0) is 62.3 Å². The zero-order chi connectivity index (χ0) is 22.7. The quantitative estimate of drug-likeness (QED) is 0.654. The Morgan fingerprint density at radius 3 is 2.75 bits per heavy atom. The third-order valence-corrected chi connectivity index (χ3v) is 6.83. The van der Waals surface area contributed by atoms with Crippen LogP contribution in [0.15, 0.2) is 35.7 Å². The average molecular weight is 458 g/mol. The number of carbonyl (C=O) groups excluding carboxylic acids is 2. The smallest absolute Gasteiger partial charge is 0.318 e. The Kier molecular flexibility index (Phi) is 6.89. The van der Waals surface area contributed by atoms with Gasteiger partial charge in [0.15, 0.2) is 0 Å². The van der Waals surface area contributed by atoms with Crippen molar-refractivity contribution in [3.8, 4) is 11.5 Å².